The number of hydrogen-bond donors (Lipinski definition) is 3. The fourth-order valence-electron chi connectivity index (χ4n) is 0.584. The van der Waals surface area contributed by atoms with Gasteiger partial charge < -0.3 is 10.1 Å². The van der Waals surface area contributed by atoms with E-state index in [9.17, 15) is 14.4 Å². The molecule has 1 rings (SSSR count). The predicted molar refractivity (Wildman–Crippen MR) is 41.8 cm³/mol. The molecule has 0 amide bonds. The van der Waals surface area contributed by atoms with Crippen LogP contribution in [0.15, 0.2) is 15.7 Å². The summed E-state index contributed by atoms with van der Waals surface area (Å²) in [5.41, 5.74) is -1.97. The first-order valence-electron chi connectivity index (χ1n) is 2.66. The van der Waals surface area contributed by atoms with Gasteiger partial charge in [-0.15, -0.1) is 0 Å². The minimum atomic E-state index is -1.34. The van der Waals surface area contributed by atoms with Crippen LogP contribution in [0.3, 0.4) is 0 Å². The van der Waals surface area contributed by atoms with Crippen molar-refractivity contribution in [3.63, 3.8) is 0 Å². The Hall–Kier alpha value is -0.0448. The molecular weight excluding hydrogens is 238 g/mol. The summed E-state index contributed by atoms with van der Waals surface area (Å²) >= 11 is 0. The molecule has 3 N–H and O–H groups in total. The standard InChI is InChI=1S/C5H4N2O4.Rb.H/c8-3-1-2(4(9)10)6-5(11)7-3;;/h1H,(H,9,10)(H2,6,7,8,11);;. The monoisotopic (exact) mass is 242 g/mol. The average Bonchev–Trinajstić information content (AvgIpc) is 1.85. The molecular formula is C5H5N2O4Rb. The molecule has 0 aliphatic heterocycles. The Morgan fingerprint density at radius 3 is 2.33 bits per heavy atom. The van der Waals surface area contributed by atoms with Gasteiger partial charge in [0.2, 0.25) is 0 Å². The van der Waals surface area contributed by atoms with Gasteiger partial charge in [-0.3, -0.25) is 9.78 Å². The van der Waals surface area contributed by atoms with E-state index < -0.39 is 22.9 Å². The number of carboxylic acids is 1. The number of aromatic carboxylic acids is 1. The van der Waals surface area contributed by atoms with E-state index in [0.717, 1.165) is 6.07 Å². The van der Waals surface area contributed by atoms with Gasteiger partial charge in [-0.05, 0) is 0 Å². The van der Waals surface area contributed by atoms with Gasteiger partial charge in [-0.2, -0.15) is 0 Å². The van der Waals surface area contributed by atoms with Gasteiger partial charge in [0.25, 0.3) is 5.56 Å². The molecule has 0 spiro atoms. The molecule has 7 heteroatoms. The van der Waals surface area contributed by atoms with Gasteiger partial charge in [0.1, 0.15) is 5.69 Å². The summed E-state index contributed by atoms with van der Waals surface area (Å²) in [7, 11) is 0. The Kier molecular flexibility index (Phi) is 4.84. The van der Waals surface area contributed by atoms with Gasteiger partial charge in [0.15, 0.2) is 0 Å². The fraction of sp³-hybridized carbons (Fsp3) is 0. The summed E-state index contributed by atoms with van der Waals surface area (Å²) in [6.07, 6.45) is 0. The van der Waals surface area contributed by atoms with Crippen LogP contribution in [0.5, 0.6) is 0 Å². The van der Waals surface area contributed by atoms with E-state index in [2.05, 4.69) is 0 Å². The molecule has 1 heterocycles. The number of rotatable bonds is 1. The van der Waals surface area contributed by atoms with Crippen molar-refractivity contribution >= 4 is 64.2 Å². The number of carboxylic acid groups (broad SMARTS) is 1. The number of carbonyl (C=O) groups is 1. The Bertz CT molecular complexity index is 365. The van der Waals surface area contributed by atoms with Crippen LogP contribution in [0.25, 0.3) is 0 Å². The molecule has 0 radical (unpaired) electrons. The zero-order valence-corrected chi connectivity index (χ0v) is 5.25. The zero-order chi connectivity index (χ0) is 8.43. The van der Waals surface area contributed by atoms with Crippen molar-refractivity contribution in [3.8, 4) is 0 Å². The second-order valence-electron chi connectivity index (χ2n) is 1.81. The van der Waals surface area contributed by atoms with Gasteiger partial charge in [0.05, 0.1) is 0 Å². The minimum absolute atomic E-state index is 0. The number of hydrogen-bond acceptors (Lipinski definition) is 3. The Morgan fingerprint density at radius 1 is 1.33 bits per heavy atom. The van der Waals surface area contributed by atoms with Crippen LogP contribution < -0.4 is 11.2 Å². The van der Waals surface area contributed by atoms with Gasteiger partial charge in [-0.1, -0.05) is 0 Å². The molecule has 6 nitrogen and oxygen atoms in total. The molecule has 0 aliphatic carbocycles. The normalized spacial score (nSPS) is 8.67. The molecule has 1 aromatic heterocycles. The van der Waals surface area contributed by atoms with Crippen LogP contribution in [0.1, 0.15) is 10.5 Å². The van der Waals surface area contributed by atoms with Crippen LogP contribution in [0.4, 0.5) is 0 Å². The summed E-state index contributed by atoms with van der Waals surface area (Å²) in [5.74, 6) is -1.34. The van der Waals surface area contributed by atoms with E-state index in [1.807, 2.05) is 9.97 Å². The van der Waals surface area contributed by atoms with Crippen LogP contribution in [0, 0.1) is 0 Å². The van der Waals surface area contributed by atoms with Crippen molar-refractivity contribution in [2.75, 3.05) is 0 Å². The molecule has 0 atom stereocenters. The molecule has 12 heavy (non-hydrogen) atoms. The third-order valence-corrected chi connectivity index (χ3v) is 0.991. The maximum atomic E-state index is 10.5. The molecule has 0 unspecified atom stereocenters. The number of nitrogens with one attached hydrogen (secondary N) is 2. The van der Waals surface area contributed by atoms with Gasteiger partial charge >= 0.3 is 69.8 Å². The van der Waals surface area contributed by atoms with E-state index in [1.165, 1.54) is 0 Å². The molecule has 0 saturated carbocycles. The Balaban J connectivity index is 0.00000121. The number of aromatic amines is 2. The quantitative estimate of drug-likeness (QED) is 0.536. The Morgan fingerprint density at radius 2 is 1.92 bits per heavy atom. The van der Waals surface area contributed by atoms with Crippen molar-refractivity contribution < 1.29 is 9.90 Å². The zero-order valence-electron chi connectivity index (χ0n) is 5.25. The summed E-state index contributed by atoms with van der Waals surface area (Å²) < 4.78 is 0. The van der Waals surface area contributed by atoms with Crippen LogP contribution in [-0.4, -0.2) is 79.2 Å². The molecule has 0 bridgehead atoms. The first-order valence-corrected chi connectivity index (χ1v) is 2.66. The fourth-order valence-corrected chi connectivity index (χ4v) is 0.584. The summed E-state index contributed by atoms with van der Waals surface area (Å²) in [4.78, 5) is 34.9. The van der Waals surface area contributed by atoms with E-state index >= 15 is 0 Å². The van der Waals surface area contributed by atoms with Crippen molar-refractivity contribution in [3.05, 3.63) is 32.6 Å². The average molecular weight is 243 g/mol. The van der Waals surface area contributed by atoms with Crippen molar-refractivity contribution in [1.82, 2.24) is 9.97 Å². The van der Waals surface area contributed by atoms with E-state index in [-0.39, 0.29) is 58.2 Å². The molecule has 60 valence electrons. The molecule has 0 fully saturated rings. The first kappa shape index (κ1) is 12.0. The third kappa shape index (κ3) is 3.14. The van der Waals surface area contributed by atoms with Gasteiger partial charge in [-0.25, -0.2) is 9.59 Å². The van der Waals surface area contributed by atoms with Crippen LogP contribution in [0.2, 0.25) is 0 Å². The summed E-state index contributed by atoms with van der Waals surface area (Å²) in [6, 6.07) is 0.795. The van der Waals surface area contributed by atoms with Crippen molar-refractivity contribution in [2.45, 2.75) is 0 Å². The van der Waals surface area contributed by atoms with Crippen LogP contribution >= 0.6 is 0 Å². The maximum absolute atomic E-state index is 10.5. The summed E-state index contributed by atoms with van der Waals surface area (Å²) in [5, 5.41) is 8.31. The van der Waals surface area contributed by atoms with E-state index in [4.69, 9.17) is 5.11 Å². The third-order valence-electron chi connectivity index (χ3n) is 0.991. The van der Waals surface area contributed by atoms with Gasteiger partial charge in [0, 0.05) is 6.07 Å². The number of aromatic nitrogens is 2. The molecule has 0 saturated heterocycles. The second-order valence-corrected chi connectivity index (χ2v) is 1.81. The summed E-state index contributed by atoms with van der Waals surface area (Å²) in [6.45, 7) is 0. The van der Waals surface area contributed by atoms with Crippen LogP contribution in [-0.2, 0) is 0 Å². The SMILES string of the molecule is O=C(O)c1cc(=O)[nH]c(=O)[nH]1.[RbH]. The second kappa shape index (κ2) is 4.85. The first-order chi connectivity index (χ1) is 5.09. The number of H-pyrrole nitrogens is 2. The molecule has 1 aromatic rings. The molecule has 0 aliphatic rings. The Labute approximate surface area is 115 Å². The predicted octanol–water partition coefficient (Wildman–Crippen LogP) is -1.89. The van der Waals surface area contributed by atoms with Crippen molar-refractivity contribution in [2.24, 2.45) is 0 Å². The molecule has 0 aromatic carbocycles. The van der Waals surface area contributed by atoms with E-state index in [1.54, 1.807) is 0 Å². The van der Waals surface area contributed by atoms with E-state index in [0.29, 0.717) is 0 Å². The van der Waals surface area contributed by atoms with Crippen molar-refractivity contribution in [1.29, 1.82) is 0 Å². The topological polar surface area (TPSA) is 103 Å².